The standard InChI is InChI=1S/C24H16BrClN2O2/c25-16-8-6-14(7-9-16)21-13-20(28-30-21)23-22(15-4-2-1-3-5-15)18-12-17(26)10-11-19(18)27-24(23)29/h1-12,21H,13H2,(H,27,29). The second kappa shape index (κ2) is 7.74. The van der Waals surface area contributed by atoms with Gasteiger partial charge in [-0.05, 0) is 41.5 Å². The first-order chi connectivity index (χ1) is 14.6. The lowest BCUT2D eigenvalue weighted by Gasteiger charge is -2.13. The lowest BCUT2D eigenvalue weighted by Crippen LogP contribution is -2.20. The molecule has 0 amide bonds. The van der Waals surface area contributed by atoms with E-state index in [2.05, 4.69) is 26.1 Å². The summed E-state index contributed by atoms with van der Waals surface area (Å²) in [6.07, 6.45) is 0.280. The van der Waals surface area contributed by atoms with Crippen molar-refractivity contribution in [3.05, 3.63) is 104 Å². The van der Waals surface area contributed by atoms with Crippen molar-refractivity contribution in [2.75, 3.05) is 0 Å². The van der Waals surface area contributed by atoms with E-state index in [1.54, 1.807) is 6.07 Å². The topological polar surface area (TPSA) is 54.5 Å². The smallest absolute Gasteiger partial charge is 0.258 e. The summed E-state index contributed by atoms with van der Waals surface area (Å²) in [6, 6.07) is 23.2. The first-order valence-electron chi connectivity index (χ1n) is 9.49. The molecular weight excluding hydrogens is 464 g/mol. The third-order valence-corrected chi connectivity index (χ3v) is 6.00. The van der Waals surface area contributed by atoms with Gasteiger partial charge in [-0.25, -0.2) is 0 Å². The number of oxime groups is 1. The van der Waals surface area contributed by atoms with Crippen molar-refractivity contribution in [2.24, 2.45) is 5.16 Å². The number of nitrogens with zero attached hydrogens (tertiary/aromatic N) is 1. The fourth-order valence-electron chi connectivity index (χ4n) is 3.83. The minimum absolute atomic E-state index is 0.192. The van der Waals surface area contributed by atoms with Gasteiger partial charge in [-0.1, -0.05) is 75.2 Å². The van der Waals surface area contributed by atoms with E-state index in [1.807, 2.05) is 66.7 Å². The van der Waals surface area contributed by atoms with Crippen molar-refractivity contribution in [1.82, 2.24) is 4.98 Å². The van der Waals surface area contributed by atoms with Gasteiger partial charge in [-0.3, -0.25) is 4.79 Å². The summed E-state index contributed by atoms with van der Waals surface area (Å²) in [7, 11) is 0. The van der Waals surface area contributed by atoms with Gasteiger partial charge in [0.1, 0.15) is 0 Å². The molecule has 5 rings (SSSR count). The van der Waals surface area contributed by atoms with E-state index in [9.17, 15) is 4.79 Å². The molecule has 0 saturated carbocycles. The highest BCUT2D eigenvalue weighted by Gasteiger charge is 2.28. The lowest BCUT2D eigenvalue weighted by atomic mass is 9.91. The van der Waals surface area contributed by atoms with Crippen LogP contribution in [0.4, 0.5) is 0 Å². The Labute approximate surface area is 186 Å². The number of H-pyrrole nitrogens is 1. The predicted octanol–water partition coefficient (Wildman–Crippen LogP) is 6.48. The monoisotopic (exact) mass is 478 g/mol. The zero-order chi connectivity index (χ0) is 20.7. The fraction of sp³-hybridized carbons (Fsp3) is 0.0833. The molecule has 0 bridgehead atoms. The van der Waals surface area contributed by atoms with Gasteiger partial charge < -0.3 is 9.82 Å². The van der Waals surface area contributed by atoms with Crippen LogP contribution in [0.5, 0.6) is 0 Å². The van der Waals surface area contributed by atoms with Crippen LogP contribution in [0, 0.1) is 0 Å². The normalized spacial score (nSPS) is 15.8. The highest BCUT2D eigenvalue weighted by atomic mass is 79.9. The van der Waals surface area contributed by atoms with E-state index in [1.165, 1.54) is 0 Å². The average Bonchev–Trinajstić information content (AvgIpc) is 3.24. The van der Waals surface area contributed by atoms with Crippen molar-refractivity contribution in [2.45, 2.75) is 12.5 Å². The summed E-state index contributed by atoms with van der Waals surface area (Å²) in [4.78, 5) is 21.9. The van der Waals surface area contributed by atoms with Gasteiger partial charge >= 0.3 is 0 Å². The molecule has 2 heterocycles. The molecule has 6 heteroatoms. The molecule has 4 nitrogen and oxygen atoms in total. The van der Waals surface area contributed by atoms with Crippen LogP contribution in [0.1, 0.15) is 23.7 Å². The summed E-state index contributed by atoms with van der Waals surface area (Å²) in [5.74, 6) is 0. The first kappa shape index (κ1) is 19.1. The third-order valence-electron chi connectivity index (χ3n) is 5.24. The van der Waals surface area contributed by atoms with E-state index in [-0.39, 0.29) is 11.7 Å². The highest BCUT2D eigenvalue weighted by Crippen LogP contribution is 2.36. The number of nitrogens with one attached hydrogen (secondary N) is 1. The summed E-state index contributed by atoms with van der Waals surface area (Å²) < 4.78 is 1.000. The maximum absolute atomic E-state index is 13.2. The quantitative estimate of drug-likeness (QED) is 0.366. The van der Waals surface area contributed by atoms with Gasteiger partial charge in [-0.15, -0.1) is 0 Å². The second-order valence-corrected chi connectivity index (χ2v) is 8.50. The Kier molecular flexibility index (Phi) is 4.93. The van der Waals surface area contributed by atoms with Crippen molar-refractivity contribution < 1.29 is 4.84 Å². The summed E-state index contributed by atoms with van der Waals surface area (Å²) >= 11 is 9.75. The van der Waals surface area contributed by atoms with Gasteiger partial charge in [-0.2, -0.15) is 0 Å². The van der Waals surface area contributed by atoms with Gasteiger partial charge in [0, 0.05) is 32.4 Å². The summed E-state index contributed by atoms with van der Waals surface area (Å²) in [6.45, 7) is 0. The SMILES string of the molecule is O=c1[nH]c2ccc(Cl)cc2c(-c2ccccc2)c1C1=NOC(c2ccc(Br)cc2)C1. The fourth-order valence-corrected chi connectivity index (χ4v) is 4.26. The predicted molar refractivity (Wildman–Crippen MR) is 124 cm³/mol. The number of hydrogen-bond acceptors (Lipinski definition) is 3. The Hall–Kier alpha value is -2.89. The van der Waals surface area contributed by atoms with Crippen LogP contribution >= 0.6 is 27.5 Å². The number of aromatic amines is 1. The Bertz CT molecular complexity index is 1330. The molecule has 1 aliphatic heterocycles. The second-order valence-electron chi connectivity index (χ2n) is 7.15. The van der Waals surface area contributed by atoms with Crippen molar-refractivity contribution >= 4 is 44.1 Å². The zero-order valence-electron chi connectivity index (χ0n) is 15.7. The maximum Gasteiger partial charge on any atom is 0.258 e. The Morgan fingerprint density at radius 2 is 1.77 bits per heavy atom. The largest absolute Gasteiger partial charge is 0.387 e. The van der Waals surface area contributed by atoms with Crippen LogP contribution < -0.4 is 5.56 Å². The summed E-state index contributed by atoms with van der Waals surface area (Å²) in [5.41, 5.74) is 4.45. The van der Waals surface area contributed by atoms with E-state index in [4.69, 9.17) is 16.4 Å². The molecule has 4 aromatic rings. The highest BCUT2D eigenvalue weighted by molar-refractivity contribution is 9.10. The van der Waals surface area contributed by atoms with Crippen LogP contribution in [-0.4, -0.2) is 10.7 Å². The van der Waals surface area contributed by atoms with E-state index in [0.717, 1.165) is 32.1 Å². The van der Waals surface area contributed by atoms with E-state index < -0.39 is 0 Å². The summed E-state index contributed by atoms with van der Waals surface area (Å²) in [5, 5.41) is 5.79. The maximum atomic E-state index is 13.2. The van der Waals surface area contributed by atoms with Crippen LogP contribution in [0.2, 0.25) is 5.02 Å². The molecule has 1 aromatic heterocycles. The molecule has 0 aliphatic carbocycles. The molecule has 0 fully saturated rings. The first-order valence-corrected chi connectivity index (χ1v) is 10.7. The number of benzene rings is 3. The number of fused-ring (bicyclic) bond motifs is 1. The number of hydrogen-bond donors (Lipinski definition) is 1. The van der Waals surface area contributed by atoms with E-state index in [0.29, 0.717) is 22.7 Å². The van der Waals surface area contributed by atoms with Gasteiger partial charge in [0.05, 0.1) is 11.3 Å². The Balaban J connectivity index is 1.67. The molecule has 1 N–H and O–H groups in total. The van der Waals surface area contributed by atoms with Crippen molar-refractivity contribution in [3.63, 3.8) is 0 Å². The third kappa shape index (κ3) is 3.44. The molecule has 30 heavy (non-hydrogen) atoms. The Morgan fingerprint density at radius 3 is 2.53 bits per heavy atom. The van der Waals surface area contributed by atoms with Crippen LogP contribution in [0.3, 0.4) is 0 Å². The van der Waals surface area contributed by atoms with Crippen LogP contribution in [0.15, 0.2) is 87.2 Å². The molecule has 1 unspecified atom stereocenters. The molecule has 1 aliphatic rings. The molecule has 0 spiro atoms. The van der Waals surface area contributed by atoms with E-state index >= 15 is 0 Å². The van der Waals surface area contributed by atoms with Crippen LogP contribution in [-0.2, 0) is 4.84 Å². The minimum Gasteiger partial charge on any atom is -0.387 e. The average molecular weight is 480 g/mol. The lowest BCUT2D eigenvalue weighted by molar-refractivity contribution is 0.0857. The molecule has 0 saturated heterocycles. The zero-order valence-corrected chi connectivity index (χ0v) is 18.1. The molecule has 1 atom stereocenters. The Morgan fingerprint density at radius 1 is 1.00 bits per heavy atom. The number of halogens is 2. The molecule has 148 valence electrons. The minimum atomic E-state index is -0.230. The van der Waals surface area contributed by atoms with Crippen molar-refractivity contribution in [1.29, 1.82) is 0 Å². The molecule has 3 aromatic carbocycles. The van der Waals surface area contributed by atoms with Gasteiger partial charge in [0.25, 0.3) is 5.56 Å². The molecular formula is C24H16BrClN2O2. The van der Waals surface area contributed by atoms with Crippen molar-refractivity contribution in [3.8, 4) is 11.1 Å². The number of rotatable bonds is 3. The number of aromatic nitrogens is 1. The van der Waals surface area contributed by atoms with Gasteiger partial charge in [0.2, 0.25) is 0 Å². The molecule has 0 radical (unpaired) electrons. The number of pyridine rings is 1. The van der Waals surface area contributed by atoms with Crippen LogP contribution in [0.25, 0.3) is 22.0 Å². The van der Waals surface area contributed by atoms with Gasteiger partial charge in [0.15, 0.2) is 6.10 Å².